The highest BCUT2D eigenvalue weighted by Gasteiger charge is 2.20. The summed E-state index contributed by atoms with van der Waals surface area (Å²) >= 11 is 0. The van der Waals surface area contributed by atoms with Crippen LogP contribution in [-0.2, 0) is 6.54 Å². The number of methoxy groups -OCH3 is 1. The lowest BCUT2D eigenvalue weighted by atomic mass is 10.0. The van der Waals surface area contributed by atoms with Gasteiger partial charge < -0.3 is 10.1 Å². The van der Waals surface area contributed by atoms with Crippen molar-refractivity contribution in [1.29, 1.82) is 0 Å². The van der Waals surface area contributed by atoms with E-state index < -0.39 is 0 Å². The minimum Gasteiger partial charge on any atom is -0.481 e. The summed E-state index contributed by atoms with van der Waals surface area (Å²) in [6.07, 6.45) is 7.18. The summed E-state index contributed by atoms with van der Waals surface area (Å²) in [5.74, 6) is 1.40. The van der Waals surface area contributed by atoms with Gasteiger partial charge in [-0.15, -0.1) is 0 Å². The zero-order chi connectivity index (χ0) is 16.1. The van der Waals surface area contributed by atoms with Crippen LogP contribution in [-0.4, -0.2) is 51.1 Å². The molecule has 0 spiro atoms. The molecule has 2 aromatic rings. The number of aromatic nitrogens is 4. The van der Waals surface area contributed by atoms with Crippen LogP contribution in [0.4, 0.5) is 5.82 Å². The minimum atomic E-state index is 0.425. The molecule has 1 aliphatic heterocycles. The lowest BCUT2D eigenvalue weighted by Gasteiger charge is -2.32. The van der Waals surface area contributed by atoms with Gasteiger partial charge in [-0.05, 0) is 19.8 Å². The predicted molar refractivity (Wildman–Crippen MR) is 87.3 cm³/mol. The maximum atomic E-state index is 5.13. The molecule has 7 heteroatoms. The Kier molecular flexibility index (Phi) is 4.97. The summed E-state index contributed by atoms with van der Waals surface area (Å²) in [5, 5.41) is 3.47. The fourth-order valence-electron chi connectivity index (χ4n) is 2.78. The van der Waals surface area contributed by atoms with Crippen molar-refractivity contribution >= 4 is 5.82 Å². The van der Waals surface area contributed by atoms with E-state index in [0.29, 0.717) is 11.9 Å². The number of ether oxygens (including phenoxy) is 1. The molecule has 2 aromatic heterocycles. The van der Waals surface area contributed by atoms with Crippen LogP contribution in [0.1, 0.15) is 24.2 Å². The highest BCUT2D eigenvalue weighted by molar-refractivity contribution is 5.38. The van der Waals surface area contributed by atoms with E-state index in [0.717, 1.165) is 49.7 Å². The standard InChI is InChI=1S/C16H22N6O/c1-12-14(18-6-5-17-12)10-22-7-3-13(4-8-22)21-15-9-16(23-2)20-11-19-15/h5-6,9,11,13H,3-4,7-8,10H2,1-2H3,(H,19,20,21). The second kappa shape index (κ2) is 7.32. The van der Waals surface area contributed by atoms with Gasteiger partial charge in [-0.25, -0.2) is 9.97 Å². The fourth-order valence-corrected chi connectivity index (χ4v) is 2.78. The van der Waals surface area contributed by atoms with Crippen molar-refractivity contribution in [2.75, 3.05) is 25.5 Å². The molecule has 3 heterocycles. The first kappa shape index (κ1) is 15.6. The topological polar surface area (TPSA) is 76.1 Å². The van der Waals surface area contributed by atoms with Gasteiger partial charge in [-0.1, -0.05) is 0 Å². The van der Waals surface area contributed by atoms with Crippen molar-refractivity contribution in [2.24, 2.45) is 0 Å². The lowest BCUT2D eigenvalue weighted by molar-refractivity contribution is 0.208. The molecule has 0 atom stereocenters. The van der Waals surface area contributed by atoms with E-state index in [1.54, 1.807) is 19.5 Å². The molecule has 0 radical (unpaired) electrons. The van der Waals surface area contributed by atoms with E-state index in [4.69, 9.17) is 4.74 Å². The third-order valence-corrected chi connectivity index (χ3v) is 4.15. The van der Waals surface area contributed by atoms with E-state index in [1.807, 2.05) is 13.0 Å². The van der Waals surface area contributed by atoms with Gasteiger partial charge in [-0.3, -0.25) is 14.9 Å². The summed E-state index contributed by atoms with van der Waals surface area (Å²) in [6, 6.07) is 2.25. The monoisotopic (exact) mass is 314 g/mol. The molecule has 23 heavy (non-hydrogen) atoms. The zero-order valence-corrected chi connectivity index (χ0v) is 13.6. The average molecular weight is 314 g/mol. The Bertz CT molecular complexity index is 642. The number of piperidine rings is 1. The van der Waals surface area contributed by atoms with Crippen LogP contribution in [0, 0.1) is 6.92 Å². The van der Waals surface area contributed by atoms with Gasteiger partial charge in [0.05, 0.1) is 18.5 Å². The molecule has 0 aliphatic carbocycles. The summed E-state index contributed by atoms with van der Waals surface area (Å²) < 4.78 is 5.13. The van der Waals surface area contributed by atoms with E-state index >= 15 is 0 Å². The Labute approximate surface area is 136 Å². The van der Waals surface area contributed by atoms with Crippen molar-refractivity contribution in [2.45, 2.75) is 32.4 Å². The minimum absolute atomic E-state index is 0.425. The number of nitrogens with zero attached hydrogens (tertiary/aromatic N) is 5. The number of nitrogens with one attached hydrogen (secondary N) is 1. The Hall–Kier alpha value is -2.28. The highest BCUT2D eigenvalue weighted by Crippen LogP contribution is 2.18. The number of hydrogen-bond acceptors (Lipinski definition) is 7. The third-order valence-electron chi connectivity index (χ3n) is 4.15. The summed E-state index contributed by atoms with van der Waals surface area (Å²) in [6.45, 7) is 4.96. The van der Waals surface area contributed by atoms with Gasteiger partial charge in [0, 0.05) is 44.1 Å². The molecule has 1 saturated heterocycles. The summed E-state index contributed by atoms with van der Waals surface area (Å²) in [4.78, 5) is 19.4. The van der Waals surface area contributed by atoms with Crippen LogP contribution in [0.25, 0.3) is 0 Å². The first-order valence-electron chi connectivity index (χ1n) is 7.86. The van der Waals surface area contributed by atoms with Crippen LogP contribution in [0.2, 0.25) is 0 Å². The number of rotatable bonds is 5. The molecule has 122 valence electrons. The molecule has 0 unspecified atom stereocenters. The lowest BCUT2D eigenvalue weighted by Crippen LogP contribution is -2.39. The molecular weight excluding hydrogens is 292 g/mol. The van der Waals surface area contributed by atoms with Crippen molar-refractivity contribution < 1.29 is 4.74 Å². The van der Waals surface area contributed by atoms with Crippen LogP contribution in [0.15, 0.2) is 24.8 Å². The first-order chi connectivity index (χ1) is 11.2. The molecule has 0 aromatic carbocycles. The number of likely N-dealkylation sites (tertiary alicyclic amines) is 1. The van der Waals surface area contributed by atoms with Crippen molar-refractivity contribution in [3.8, 4) is 5.88 Å². The number of aryl methyl sites for hydroxylation is 1. The fraction of sp³-hybridized carbons (Fsp3) is 0.500. The Morgan fingerprint density at radius 1 is 1.17 bits per heavy atom. The van der Waals surface area contributed by atoms with Gasteiger partial charge in [0.15, 0.2) is 0 Å². The van der Waals surface area contributed by atoms with Crippen molar-refractivity contribution in [3.05, 3.63) is 36.2 Å². The van der Waals surface area contributed by atoms with Crippen molar-refractivity contribution in [1.82, 2.24) is 24.8 Å². The summed E-state index contributed by atoms with van der Waals surface area (Å²) in [5.41, 5.74) is 2.08. The molecule has 1 aliphatic rings. The van der Waals surface area contributed by atoms with Gasteiger partial charge in [0.25, 0.3) is 0 Å². The molecule has 0 bridgehead atoms. The molecule has 1 fully saturated rings. The van der Waals surface area contributed by atoms with E-state index in [9.17, 15) is 0 Å². The number of hydrogen-bond donors (Lipinski definition) is 1. The Morgan fingerprint density at radius 3 is 2.70 bits per heavy atom. The summed E-state index contributed by atoms with van der Waals surface area (Å²) in [7, 11) is 1.61. The zero-order valence-electron chi connectivity index (χ0n) is 13.6. The molecule has 0 amide bonds. The third kappa shape index (κ3) is 4.13. The van der Waals surface area contributed by atoms with E-state index in [-0.39, 0.29) is 0 Å². The highest BCUT2D eigenvalue weighted by atomic mass is 16.5. The second-order valence-electron chi connectivity index (χ2n) is 5.73. The van der Waals surface area contributed by atoms with E-state index in [2.05, 4.69) is 30.2 Å². The predicted octanol–water partition coefficient (Wildman–Crippen LogP) is 1.66. The molecular formula is C16H22N6O. The molecule has 0 saturated carbocycles. The van der Waals surface area contributed by atoms with Gasteiger partial charge in [-0.2, -0.15) is 0 Å². The maximum Gasteiger partial charge on any atom is 0.218 e. The van der Waals surface area contributed by atoms with Gasteiger partial charge in [0.2, 0.25) is 5.88 Å². The number of anilines is 1. The molecule has 1 N–H and O–H groups in total. The maximum absolute atomic E-state index is 5.13. The van der Waals surface area contributed by atoms with Crippen LogP contribution in [0.3, 0.4) is 0 Å². The van der Waals surface area contributed by atoms with Crippen LogP contribution < -0.4 is 10.1 Å². The van der Waals surface area contributed by atoms with Crippen LogP contribution >= 0.6 is 0 Å². The molecule has 3 rings (SSSR count). The molecule has 7 nitrogen and oxygen atoms in total. The van der Waals surface area contributed by atoms with Gasteiger partial charge in [0.1, 0.15) is 12.1 Å². The SMILES string of the molecule is COc1cc(NC2CCN(Cc3nccnc3C)CC2)ncn1. The normalized spacial score (nSPS) is 16.3. The van der Waals surface area contributed by atoms with Crippen molar-refractivity contribution in [3.63, 3.8) is 0 Å². The smallest absolute Gasteiger partial charge is 0.218 e. The van der Waals surface area contributed by atoms with Gasteiger partial charge >= 0.3 is 0 Å². The van der Waals surface area contributed by atoms with E-state index in [1.165, 1.54) is 6.33 Å². The van der Waals surface area contributed by atoms with Crippen LogP contribution in [0.5, 0.6) is 5.88 Å². The average Bonchev–Trinajstić information content (AvgIpc) is 2.59. The Morgan fingerprint density at radius 2 is 1.96 bits per heavy atom. The first-order valence-corrected chi connectivity index (χ1v) is 7.86. The Balaban J connectivity index is 1.51. The largest absolute Gasteiger partial charge is 0.481 e. The quantitative estimate of drug-likeness (QED) is 0.899. The second-order valence-corrected chi connectivity index (χ2v) is 5.73.